The van der Waals surface area contributed by atoms with Gasteiger partial charge >= 0.3 is 0 Å². The van der Waals surface area contributed by atoms with Gasteiger partial charge < -0.3 is 19.3 Å². The number of benzene rings is 2. The van der Waals surface area contributed by atoms with Crippen LogP contribution in [0.3, 0.4) is 0 Å². The first kappa shape index (κ1) is 30.3. The van der Waals surface area contributed by atoms with Crippen molar-refractivity contribution in [1.82, 2.24) is 0 Å². The van der Waals surface area contributed by atoms with Crippen LogP contribution < -0.4 is 0 Å². The molecule has 2 saturated heterocycles. The van der Waals surface area contributed by atoms with Crippen molar-refractivity contribution >= 4 is 36.2 Å². The number of aryl methyl sites for hydroxylation is 2. The van der Waals surface area contributed by atoms with E-state index in [-0.39, 0.29) is 33.4 Å². The summed E-state index contributed by atoms with van der Waals surface area (Å²) >= 11 is 3.45. The van der Waals surface area contributed by atoms with Crippen molar-refractivity contribution in [3.05, 3.63) is 71.8 Å². The summed E-state index contributed by atoms with van der Waals surface area (Å²) in [4.78, 5) is 0.307. The molecule has 39 heavy (non-hydrogen) atoms. The number of hydrogen-bond acceptors (Lipinski definition) is 10. The highest BCUT2D eigenvalue weighted by atomic mass is 79.9. The van der Waals surface area contributed by atoms with Crippen LogP contribution in [0.1, 0.15) is 11.1 Å². The van der Waals surface area contributed by atoms with Gasteiger partial charge in [-0.1, -0.05) is 63.5 Å². The number of aliphatic hydroxyl groups is 1. The molecule has 13 heteroatoms. The van der Waals surface area contributed by atoms with E-state index >= 15 is 0 Å². The summed E-state index contributed by atoms with van der Waals surface area (Å²) in [6.45, 7) is 4.46. The zero-order chi connectivity index (χ0) is 28.2. The number of hydrogen-bond donors (Lipinski definition) is 1. The van der Waals surface area contributed by atoms with Crippen LogP contribution in [0, 0.1) is 13.8 Å². The molecule has 6 atom stereocenters. The van der Waals surface area contributed by atoms with Gasteiger partial charge in [0.25, 0.3) is 20.2 Å². The minimum Gasteiger partial charge on any atom is -0.394 e. The largest absolute Gasteiger partial charge is 0.394 e. The summed E-state index contributed by atoms with van der Waals surface area (Å²) in [6.07, 6.45) is 0.915. The van der Waals surface area contributed by atoms with Gasteiger partial charge in [-0.3, -0.25) is 8.37 Å². The molecule has 5 rings (SSSR count). The van der Waals surface area contributed by atoms with Gasteiger partial charge in [-0.05, 0) is 38.1 Å². The van der Waals surface area contributed by atoms with E-state index < -0.39 is 45.2 Å². The average molecular weight is 648 g/mol. The number of alkyl halides is 1. The second-order valence-corrected chi connectivity index (χ2v) is 13.6. The maximum atomic E-state index is 12.2. The van der Waals surface area contributed by atoms with Crippen LogP contribution in [-0.2, 0) is 42.8 Å². The first-order chi connectivity index (χ1) is 18.5. The normalized spacial score (nSPS) is 27.1. The number of halogens is 1. The van der Waals surface area contributed by atoms with Crippen LogP contribution >= 0.6 is 15.9 Å². The zero-order valence-electron chi connectivity index (χ0n) is 21.4. The number of fused-ring (bicyclic) bond motifs is 1. The van der Waals surface area contributed by atoms with E-state index in [1.165, 1.54) is 12.1 Å². The summed E-state index contributed by atoms with van der Waals surface area (Å²) in [5, 5.41) is 9.24. The van der Waals surface area contributed by atoms with Gasteiger partial charge in [-0.2, -0.15) is 16.8 Å². The quantitative estimate of drug-likeness (QED) is 0.259. The predicted octanol–water partition coefficient (Wildman–Crippen LogP) is 2.65. The summed E-state index contributed by atoms with van der Waals surface area (Å²) in [5.41, 5.74) is 1.95. The summed E-state index contributed by atoms with van der Waals surface area (Å²) in [7, 11) is -7.69. The number of aliphatic hydroxyl groups excluding tert-OH is 1. The SMILES string of the molecule is Cc1ccc(S(=O)(=O)O[C@@H]2CO[C@H]3[C@@H]2OC[C@@H]3Br)cc1.Cc1ccc(S(=O)(=O)O[C@H](CO)[C@@H]2C=CCO2)cc1. The lowest BCUT2D eigenvalue weighted by molar-refractivity contribution is 0.00185. The van der Waals surface area contributed by atoms with Gasteiger partial charge in [0, 0.05) is 0 Å². The fraction of sp³-hybridized carbons (Fsp3) is 0.462. The molecule has 0 radical (unpaired) electrons. The third-order valence-corrected chi connectivity index (χ3v) is 9.81. The number of ether oxygens (including phenoxy) is 3. The Balaban J connectivity index is 0.000000181. The van der Waals surface area contributed by atoms with E-state index in [0.29, 0.717) is 13.2 Å². The first-order valence-corrected chi connectivity index (χ1v) is 16.0. The van der Waals surface area contributed by atoms with Crippen molar-refractivity contribution in [1.29, 1.82) is 0 Å². The molecule has 0 saturated carbocycles. The molecule has 3 heterocycles. The Morgan fingerprint density at radius 3 is 1.97 bits per heavy atom. The highest BCUT2D eigenvalue weighted by molar-refractivity contribution is 9.09. The maximum absolute atomic E-state index is 12.2. The van der Waals surface area contributed by atoms with Crippen LogP contribution in [0.25, 0.3) is 0 Å². The molecule has 10 nitrogen and oxygen atoms in total. The molecule has 0 bridgehead atoms. The van der Waals surface area contributed by atoms with E-state index in [1.807, 2.05) is 13.8 Å². The maximum Gasteiger partial charge on any atom is 0.297 e. The monoisotopic (exact) mass is 646 g/mol. The molecule has 0 aliphatic carbocycles. The van der Waals surface area contributed by atoms with Crippen molar-refractivity contribution in [2.75, 3.05) is 26.4 Å². The predicted molar refractivity (Wildman–Crippen MR) is 145 cm³/mol. The van der Waals surface area contributed by atoms with Crippen molar-refractivity contribution in [2.24, 2.45) is 0 Å². The van der Waals surface area contributed by atoms with Crippen molar-refractivity contribution in [3.8, 4) is 0 Å². The van der Waals surface area contributed by atoms with E-state index in [4.69, 9.17) is 22.6 Å². The Morgan fingerprint density at radius 1 is 0.872 bits per heavy atom. The second kappa shape index (κ2) is 12.9. The van der Waals surface area contributed by atoms with E-state index in [9.17, 15) is 21.9 Å². The molecule has 3 aliphatic rings. The Bertz CT molecular complexity index is 1340. The van der Waals surface area contributed by atoms with E-state index in [0.717, 1.165) is 11.1 Å². The lowest BCUT2D eigenvalue weighted by Crippen LogP contribution is -2.33. The lowest BCUT2D eigenvalue weighted by atomic mass is 10.1. The van der Waals surface area contributed by atoms with Gasteiger partial charge in [-0.25, -0.2) is 0 Å². The lowest BCUT2D eigenvalue weighted by Gasteiger charge is -2.20. The van der Waals surface area contributed by atoms with Gasteiger partial charge in [0.05, 0.1) is 41.0 Å². The van der Waals surface area contributed by atoms with Crippen molar-refractivity contribution < 1.29 is 44.5 Å². The highest BCUT2D eigenvalue weighted by Gasteiger charge is 2.49. The third kappa shape index (κ3) is 7.54. The third-order valence-electron chi connectivity index (χ3n) is 6.32. The minimum absolute atomic E-state index is 0.0681. The van der Waals surface area contributed by atoms with Crippen molar-refractivity contribution in [3.63, 3.8) is 0 Å². The Kier molecular flexibility index (Phi) is 10.00. The topological polar surface area (TPSA) is 135 Å². The fourth-order valence-corrected chi connectivity index (χ4v) is 6.93. The first-order valence-electron chi connectivity index (χ1n) is 12.3. The minimum atomic E-state index is -3.90. The zero-order valence-corrected chi connectivity index (χ0v) is 24.6. The molecule has 2 aromatic rings. The second-order valence-electron chi connectivity index (χ2n) is 9.32. The average Bonchev–Trinajstić information content (AvgIpc) is 3.65. The molecule has 2 fully saturated rings. The highest BCUT2D eigenvalue weighted by Crippen LogP contribution is 2.34. The van der Waals surface area contributed by atoms with E-state index in [1.54, 1.807) is 48.6 Å². The summed E-state index contributed by atoms with van der Waals surface area (Å²) in [5.74, 6) is 0. The van der Waals surface area contributed by atoms with Gasteiger partial charge in [-0.15, -0.1) is 0 Å². The molecule has 1 N–H and O–H groups in total. The van der Waals surface area contributed by atoms with Gasteiger partial charge in [0.2, 0.25) is 0 Å². The molecule has 0 unspecified atom stereocenters. The number of rotatable bonds is 8. The molecule has 0 amide bonds. The molecule has 214 valence electrons. The summed E-state index contributed by atoms with van der Waals surface area (Å²) < 4.78 is 75.2. The van der Waals surface area contributed by atoms with Gasteiger partial charge in [0.1, 0.15) is 30.5 Å². The molecule has 2 aromatic carbocycles. The molecular weight excluding hydrogens is 616 g/mol. The van der Waals surface area contributed by atoms with Crippen LogP contribution in [0.2, 0.25) is 0 Å². The summed E-state index contributed by atoms with van der Waals surface area (Å²) in [6, 6.07) is 12.9. The van der Waals surface area contributed by atoms with Crippen LogP contribution in [0.15, 0.2) is 70.5 Å². The Hall–Kier alpha value is -1.68. The van der Waals surface area contributed by atoms with Crippen LogP contribution in [-0.4, -0.2) is 83.7 Å². The van der Waals surface area contributed by atoms with Crippen LogP contribution in [0.5, 0.6) is 0 Å². The molecular formula is C26H31BrO10S2. The smallest absolute Gasteiger partial charge is 0.297 e. The Morgan fingerprint density at radius 2 is 1.44 bits per heavy atom. The van der Waals surface area contributed by atoms with Crippen LogP contribution in [0.4, 0.5) is 0 Å². The fourth-order valence-electron chi connectivity index (χ4n) is 4.18. The van der Waals surface area contributed by atoms with Crippen molar-refractivity contribution in [2.45, 2.75) is 59.0 Å². The Labute approximate surface area is 237 Å². The van der Waals surface area contributed by atoms with E-state index in [2.05, 4.69) is 15.9 Å². The molecule has 0 aromatic heterocycles. The molecule has 3 aliphatic heterocycles. The molecule has 0 spiro atoms. The standard InChI is InChI=1S/C13H15BrO5S.C13H16O5S/c1-8-2-4-9(5-3-8)20(15,16)19-11-7-18-12-10(14)6-17-13(11)12;1-10-4-6-11(7-5-10)19(15,16)18-13(9-14)12-3-2-8-17-12/h2-5,10-13H,6-7H2,1H3;2-7,12-14H,8-9H2,1H3/t10-,11+,12+,13+;12-,13+/m00/s1. The van der Waals surface area contributed by atoms with Gasteiger partial charge in [0.15, 0.2) is 0 Å².